The van der Waals surface area contributed by atoms with E-state index in [4.69, 9.17) is 4.42 Å². The SMILES string of the molecule is Cc1sc2nc(CSC(C)C(=O)N(Cc3ccco3)C3CCN(C)CC3)[nH]c(=O)c2c1C. The molecule has 0 saturated carbocycles. The van der Waals surface area contributed by atoms with Crippen molar-refractivity contribution in [1.82, 2.24) is 19.8 Å². The van der Waals surface area contributed by atoms with Crippen LogP contribution in [0.15, 0.2) is 27.6 Å². The molecule has 1 amide bonds. The third kappa shape index (κ3) is 4.94. The van der Waals surface area contributed by atoms with Gasteiger partial charge >= 0.3 is 0 Å². The van der Waals surface area contributed by atoms with Gasteiger partial charge in [-0.3, -0.25) is 9.59 Å². The fourth-order valence-corrected chi connectivity index (χ4v) is 6.01. The van der Waals surface area contributed by atoms with E-state index in [-0.39, 0.29) is 22.8 Å². The van der Waals surface area contributed by atoms with Crippen LogP contribution in [0.3, 0.4) is 0 Å². The second kappa shape index (κ2) is 9.80. The second-order valence-corrected chi connectivity index (χ2v) is 11.0. The molecule has 9 heteroatoms. The molecule has 3 aromatic heterocycles. The highest BCUT2D eigenvalue weighted by molar-refractivity contribution is 7.99. The van der Waals surface area contributed by atoms with Gasteiger partial charge < -0.3 is 19.2 Å². The average molecular weight is 475 g/mol. The highest BCUT2D eigenvalue weighted by Crippen LogP contribution is 2.27. The van der Waals surface area contributed by atoms with Gasteiger partial charge in [-0.25, -0.2) is 4.98 Å². The van der Waals surface area contributed by atoms with E-state index in [1.54, 1.807) is 17.6 Å². The van der Waals surface area contributed by atoms with Crippen molar-refractivity contribution >= 4 is 39.2 Å². The van der Waals surface area contributed by atoms with Crippen LogP contribution >= 0.6 is 23.1 Å². The first kappa shape index (κ1) is 23.1. The fraction of sp³-hybridized carbons (Fsp3) is 0.522. The number of aromatic amines is 1. The zero-order chi connectivity index (χ0) is 22.8. The standard InChI is InChI=1S/C23H30N4O3S2/c1-14-15(2)32-22-20(14)21(28)24-19(25-22)13-31-16(3)23(29)27(12-18-6-5-11-30-18)17-7-9-26(4)10-8-17/h5-6,11,16-17H,7-10,12-13H2,1-4H3,(H,24,25,28). The number of hydrogen-bond acceptors (Lipinski definition) is 7. The van der Waals surface area contributed by atoms with E-state index in [0.29, 0.717) is 23.5 Å². The van der Waals surface area contributed by atoms with Gasteiger partial charge in [0.2, 0.25) is 5.91 Å². The normalized spacial score (nSPS) is 16.5. The van der Waals surface area contributed by atoms with E-state index in [1.807, 2.05) is 37.8 Å². The van der Waals surface area contributed by atoms with Gasteiger partial charge in [-0.15, -0.1) is 23.1 Å². The summed E-state index contributed by atoms with van der Waals surface area (Å²) in [5.74, 6) is 2.00. The third-order valence-corrected chi connectivity index (χ3v) is 8.47. The number of nitrogens with zero attached hydrogens (tertiary/aromatic N) is 3. The number of nitrogens with one attached hydrogen (secondary N) is 1. The first-order chi connectivity index (χ1) is 15.3. The van der Waals surface area contributed by atoms with Crippen molar-refractivity contribution in [2.45, 2.75) is 57.2 Å². The molecule has 0 bridgehead atoms. The van der Waals surface area contributed by atoms with Gasteiger partial charge in [0.1, 0.15) is 16.4 Å². The Kier molecular flexibility index (Phi) is 7.07. The van der Waals surface area contributed by atoms with E-state index in [9.17, 15) is 9.59 Å². The number of aromatic nitrogens is 2. The Hall–Kier alpha value is -2.10. The molecule has 32 heavy (non-hydrogen) atoms. The molecule has 1 aliphatic rings. The number of thiophene rings is 1. The summed E-state index contributed by atoms with van der Waals surface area (Å²) >= 11 is 3.05. The van der Waals surface area contributed by atoms with Crippen LogP contribution in [-0.2, 0) is 17.1 Å². The summed E-state index contributed by atoms with van der Waals surface area (Å²) in [6, 6.07) is 3.98. The van der Waals surface area contributed by atoms with E-state index in [0.717, 1.165) is 47.0 Å². The summed E-state index contributed by atoms with van der Waals surface area (Å²) in [6.07, 6.45) is 3.57. The minimum atomic E-state index is -0.252. The first-order valence-corrected chi connectivity index (χ1v) is 12.8. The van der Waals surface area contributed by atoms with Crippen molar-refractivity contribution in [3.05, 3.63) is 50.8 Å². The Bertz CT molecular complexity index is 1130. The monoisotopic (exact) mass is 474 g/mol. The lowest BCUT2D eigenvalue weighted by Gasteiger charge is -2.38. The van der Waals surface area contributed by atoms with Crippen molar-refractivity contribution in [2.24, 2.45) is 0 Å². The molecule has 1 unspecified atom stereocenters. The summed E-state index contributed by atoms with van der Waals surface area (Å²) in [5.41, 5.74) is 0.894. The maximum Gasteiger partial charge on any atom is 0.259 e. The highest BCUT2D eigenvalue weighted by atomic mass is 32.2. The number of furan rings is 1. The summed E-state index contributed by atoms with van der Waals surface area (Å²) < 4.78 is 5.54. The van der Waals surface area contributed by atoms with Gasteiger partial charge in [0.25, 0.3) is 5.56 Å². The Labute approximate surface area is 196 Å². The van der Waals surface area contributed by atoms with Gasteiger partial charge in [0, 0.05) is 10.9 Å². The lowest BCUT2D eigenvalue weighted by atomic mass is 10.0. The fourth-order valence-electron chi connectivity index (χ4n) is 4.14. The number of carbonyl (C=O) groups is 1. The van der Waals surface area contributed by atoms with Crippen molar-refractivity contribution in [1.29, 1.82) is 0 Å². The molecular formula is C23H30N4O3S2. The number of thioether (sulfide) groups is 1. The Morgan fingerprint density at radius 1 is 1.41 bits per heavy atom. The number of H-pyrrole nitrogens is 1. The minimum absolute atomic E-state index is 0.0998. The lowest BCUT2D eigenvalue weighted by molar-refractivity contribution is -0.134. The van der Waals surface area contributed by atoms with Crippen molar-refractivity contribution < 1.29 is 9.21 Å². The molecule has 172 valence electrons. The smallest absolute Gasteiger partial charge is 0.259 e. The van der Waals surface area contributed by atoms with E-state index in [1.165, 1.54) is 11.8 Å². The Balaban J connectivity index is 1.46. The zero-order valence-corrected chi connectivity index (χ0v) is 20.6. The summed E-state index contributed by atoms with van der Waals surface area (Å²) in [5, 5.41) is 0.426. The van der Waals surface area contributed by atoms with Crippen molar-refractivity contribution in [3.8, 4) is 0 Å². The number of piperidine rings is 1. The van der Waals surface area contributed by atoms with Crippen LogP contribution in [0.2, 0.25) is 0 Å². The van der Waals surface area contributed by atoms with E-state index < -0.39 is 0 Å². The van der Waals surface area contributed by atoms with E-state index in [2.05, 4.69) is 21.9 Å². The number of rotatable bonds is 7. The molecule has 4 heterocycles. The quantitative estimate of drug-likeness (QED) is 0.559. The van der Waals surface area contributed by atoms with Crippen LogP contribution in [0, 0.1) is 13.8 Å². The van der Waals surface area contributed by atoms with Crippen LogP contribution in [0.25, 0.3) is 10.2 Å². The molecule has 1 saturated heterocycles. The van der Waals surface area contributed by atoms with Gasteiger partial charge in [0.15, 0.2) is 0 Å². The zero-order valence-electron chi connectivity index (χ0n) is 19.0. The van der Waals surface area contributed by atoms with Crippen molar-refractivity contribution in [2.75, 3.05) is 20.1 Å². The molecule has 0 radical (unpaired) electrons. The van der Waals surface area contributed by atoms with Crippen LogP contribution in [0.1, 0.15) is 41.8 Å². The minimum Gasteiger partial charge on any atom is -0.467 e. The second-order valence-electron chi connectivity index (χ2n) is 8.51. The van der Waals surface area contributed by atoms with Gasteiger partial charge in [-0.2, -0.15) is 0 Å². The predicted molar refractivity (Wildman–Crippen MR) is 130 cm³/mol. The van der Waals surface area contributed by atoms with Crippen LogP contribution in [0.5, 0.6) is 0 Å². The predicted octanol–water partition coefficient (Wildman–Crippen LogP) is 3.94. The largest absolute Gasteiger partial charge is 0.467 e. The molecule has 0 aromatic carbocycles. The maximum absolute atomic E-state index is 13.5. The maximum atomic E-state index is 13.5. The highest BCUT2D eigenvalue weighted by Gasteiger charge is 2.30. The van der Waals surface area contributed by atoms with Gasteiger partial charge in [0.05, 0.1) is 29.2 Å². The molecule has 7 nitrogen and oxygen atoms in total. The van der Waals surface area contributed by atoms with E-state index >= 15 is 0 Å². The number of fused-ring (bicyclic) bond motifs is 1. The van der Waals surface area contributed by atoms with Crippen LogP contribution in [-0.4, -0.2) is 57.1 Å². The molecular weight excluding hydrogens is 444 g/mol. The topological polar surface area (TPSA) is 82.4 Å². The molecule has 1 N–H and O–H groups in total. The first-order valence-electron chi connectivity index (χ1n) is 11.0. The van der Waals surface area contributed by atoms with Gasteiger partial charge in [-0.05, 0) is 71.4 Å². The number of hydrogen-bond donors (Lipinski definition) is 1. The third-order valence-electron chi connectivity index (χ3n) is 6.22. The summed E-state index contributed by atoms with van der Waals surface area (Å²) in [7, 11) is 2.12. The number of aryl methyl sites for hydroxylation is 2. The molecule has 1 fully saturated rings. The molecule has 0 aliphatic carbocycles. The average Bonchev–Trinajstić information content (AvgIpc) is 3.38. The molecule has 1 aliphatic heterocycles. The molecule has 0 spiro atoms. The number of carbonyl (C=O) groups excluding carboxylic acids is 1. The number of amides is 1. The summed E-state index contributed by atoms with van der Waals surface area (Å²) in [6.45, 7) is 8.36. The molecule has 3 aromatic rings. The summed E-state index contributed by atoms with van der Waals surface area (Å²) in [4.78, 5) is 39.7. The van der Waals surface area contributed by atoms with Gasteiger partial charge in [-0.1, -0.05) is 0 Å². The Morgan fingerprint density at radius 3 is 2.84 bits per heavy atom. The number of likely N-dealkylation sites (tertiary alicyclic amines) is 1. The van der Waals surface area contributed by atoms with Crippen LogP contribution in [0.4, 0.5) is 0 Å². The Morgan fingerprint density at radius 2 is 2.16 bits per heavy atom. The molecule has 1 atom stereocenters. The van der Waals surface area contributed by atoms with Crippen LogP contribution < -0.4 is 5.56 Å². The lowest BCUT2D eigenvalue weighted by Crippen LogP contribution is -2.48. The van der Waals surface area contributed by atoms with Crippen molar-refractivity contribution in [3.63, 3.8) is 0 Å². The molecule has 4 rings (SSSR count).